The zero-order chi connectivity index (χ0) is 23.0. The molecule has 0 atom stereocenters. The van der Waals surface area contributed by atoms with Gasteiger partial charge in [0.25, 0.3) is 0 Å². The highest BCUT2D eigenvalue weighted by Crippen LogP contribution is 2.42. The highest BCUT2D eigenvalue weighted by atomic mass is 32.2. The van der Waals surface area contributed by atoms with Gasteiger partial charge in [-0.15, -0.1) is 0 Å². The van der Waals surface area contributed by atoms with Crippen molar-refractivity contribution in [3.8, 4) is 17.2 Å². The summed E-state index contributed by atoms with van der Waals surface area (Å²) in [6.07, 6.45) is 3.45. The zero-order valence-electron chi connectivity index (χ0n) is 17.7. The van der Waals surface area contributed by atoms with Crippen molar-refractivity contribution in [2.75, 3.05) is 11.1 Å². The van der Waals surface area contributed by atoms with Crippen LogP contribution in [-0.4, -0.2) is 36.3 Å². The SMILES string of the molecule is Cc1cc(NC(=O)CC(=O)O)c2c(c1Oc1ccc(O)c(S(=O)(=O)CC3CC3)c1)CCC2. The first kappa shape index (κ1) is 22.1. The van der Waals surface area contributed by atoms with Gasteiger partial charge in [-0.1, -0.05) is 0 Å². The third-order valence-corrected chi connectivity index (χ3v) is 7.67. The van der Waals surface area contributed by atoms with Crippen molar-refractivity contribution in [2.45, 2.75) is 50.3 Å². The number of carboxylic acids is 1. The molecule has 2 aromatic rings. The molecule has 0 heterocycles. The number of phenols is 1. The molecule has 0 bridgehead atoms. The van der Waals surface area contributed by atoms with Crippen LogP contribution in [0.3, 0.4) is 0 Å². The van der Waals surface area contributed by atoms with Gasteiger partial charge in [0.2, 0.25) is 5.91 Å². The lowest BCUT2D eigenvalue weighted by Crippen LogP contribution is -2.17. The van der Waals surface area contributed by atoms with E-state index in [0.717, 1.165) is 42.4 Å². The average molecular weight is 460 g/mol. The van der Waals surface area contributed by atoms with Crippen LogP contribution in [0.2, 0.25) is 0 Å². The molecule has 0 saturated heterocycles. The van der Waals surface area contributed by atoms with E-state index in [1.165, 1.54) is 18.2 Å². The maximum Gasteiger partial charge on any atom is 0.312 e. The van der Waals surface area contributed by atoms with E-state index >= 15 is 0 Å². The van der Waals surface area contributed by atoms with E-state index in [9.17, 15) is 23.1 Å². The molecule has 1 fully saturated rings. The third-order valence-electron chi connectivity index (χ3n) is 5.76. The molecule has 2 aromatic carbocycles. The van der Waals surface area contributed by atoms with Crippen molar-refractivity contribution in [2.24, 2.45) is 5.92 Å². The average Bonchev–Trinajstić information content (AvgIpc) is 3.35. The minimum atomic E-state index is -3.62. The van der Waals surface area contributed by atoms with Crippen LogP contribution < -0.4 is 10.1 Å². The first-order valence-electron chi connectivity index (χ1n) is 10.5. The fourth-order valence-corrected chi connectivity index (χ4v) is 5.91. The van der Waals surface area contributed by atoms with E-state index in [-0.39, 0.29) is 22.3 Å². The Morgan fingerprint density at radius 2 is 1.88 bits per heavy atom. The Kier molecular flexibility index (Phi) is 5.85. The Hall–Kier alpha value is -3.07. The van der Waals surface area contributed by atoms with Crippen molar-refractivity contribution in [1.29, 1.82) is 0 Å². The molecule has 0 unspecified atom stereocenters. The van der Waals surface area contributed by atoms with E-state index in [2.05, 4.69) is 5.32 Å². The number of hydrogen-bond donors (Lipinski definition) is 3. The fraction of sp³-hybridized carbons (Fsp3) is 0.391. The van der Waals surface area contributed by atoms with Gasteiger partial charge in [-0.05, 0) is 74.3 Å². The smallest absolute Gasteiger partial charge is 0.312 e. The van der Waals surface area contributed by atoms with Crippen LogP contribution >= 0.6 is 0 Å². The summed E-state index contributed by atoms with van der Waals surface area (Å²) in [5, 5.41) is 21.7. The lowest BCUT2D eigenvalue weighted by molar-refractivity contribution is -0.139. The minimum absolute atomic E-state index is 0.0170. The van der Waals surface area contributed by atoms with Crippen LogP contribution in [0.5, 0.6) is 17.2 Å². The molecule has 2 aliphatic carbocycles. The van der Waals surface area contributed by atoms with Gasteiger partial charge in [0.05, 0.1) is 5.75 Å². The molecule has 170 valence electrons. The van der Waals surface area contributed by atoms with Gasteiger partial charge in [0.1, 0.15) is 28.6 Å². The number of phenolic OH excluding ortho intramolecular Hbond substituents is 1. The van der Waals surface area contributed by atoms with E-state index < -0.39 is 28.1 Å². The summed E-state index contributed by atoms with van der Waals surface area (Å²) in [7, 11) is -3.62. The van der Waals surface area contributed by atoms with Gasteiger partial charge >= 0.3 is 5.97 Å². The number of amides is 1. The number of anilines is 1. The minimum Gasteiger partial charge on any atom is -0.507 e. The Morgan fingerprint density at radius 3 is 2.56 bits per heavy atom. The van der Waals surface area contributed by atoms with Crippen LogP contribution in [0.15, 0.2) is 29.2 Å². The summed E-state index contributed by atoms with van der Waals surface area (Å²) in [6, 6.07) is 5.95. The number of hydrogen-bond acceptors (Lipinski definition) is 6. The van der Waals surface area contributed by atoms with Gasteiger partial charge in [-0.3, -0.25) is 9.59 Å². The molecule has 1 saturated carbocycles. The van der Waals surface area contributed by atoms with Gasteiger partial charge in [0.15, 0.2) is 9.84 Å². The van der Waals surface area contributed by atoms with Crippen molar-refractivity contribution < 1.29 is 33.0 Å². The van der Waals surface area contributed by atoms with Crippen molar-refractivity contribution in [3.05, 3.63) is 41.0 Å². The maximum absolute atomic E-state index is 12.7. The van der Waals surface area contributed by atoms with Crippen LogP contribution in [-0.2, 0) is 32.3 Å². The van der Waals surface area contributed by atoms with Crippen LogP contribution in [0.4, 0.5) is 5.69 Å². The molecular weight excluding hydrogens is 434 g/mol. The first-order valence-corrected chi connectivity index (χ1v) is 12.2. The number of nitrogens with one attached hydrogen (secondary N) is 1. The predicted molar refractivity (Wildman–Crippen MR) is 117 cm³/mol. The maximum atomic E-state index is 12.7. The van der Waals surface area contributed by atoms with Crippen molar-refractivity contribution >= 4 is 27.4 Å². The van der Waals surface area contributed by atoms with Crippen LogP contribution in [0, 0.1) is 12.8 Å². The molecule has 1 amide bonds. The van der Waals surface area contributed by atoms with E-state index in [1.807, 2.05) is 6.92 Å². The summed E-state index contributed by atoms with van der Waals surface area (Å²) in [5.74, 6) is -1.03. The fourth-order valence-electron chi connectivity index (χ4n) is 4.09. The van der Waals surface area contributed by atoms with E-state index in [0.29, 0.717) is 23.6 Å². The number of benzene rings is 2. The molecule has 8 nitrogen and oxygen atoms in total. The monoisotopic (exact) mass is 459 g/mol. The number of sulfone groups is 1. The Balaban J connectivity index is 1.64. The van der Waals surface area contributed by atoms with Crippen LogP contribution in [0.1, 0.15) is 42.4 Å². The number of aliphatic carboxylic acids is 1. The number of aryl methyl sites for hydroxylation is 1. The van der Waals surface area contributed by atoms with Gasteiger partial charge in [0, 0.05) is 17.3 Å². The molecular formula is C23H25NO7S. The molecule has 0 aliphatic heterocycles. The predicted octanol–water partition coefficient (Wildman–Crippen LogP) is 3.58. The second-order valence-corrected chi connectivity index (χ2v) is 10.5. The summed E-state index contributed by atoms with van der Waals surface area (Å²) in [5.41, 5.74) is 3.11. The Bertz CT molecular complexity index is 1200. The lowest BCUT2D eigenvalue weighted by atomic mass is 10.0. The van der Waals surface area contributed by atoms with Crippen molar-refractivity contribution in [1.82, 2.24) is 0 Å². The lowest BCUT2D eigenvalue weighted by Gasteiger charge is -2.18. The molecule has 0 aromatic heterocycles. The highest BCUT2D eigenvalue weighted by Gasteiger charge is 2.31. The quantitative estimate of drug-likeness (QED) is 0.514. The molecule has 0 radical (unpaired) electrons. The summed E-state index contributed by atoms with van der Waals surface area (Å²) in [6.45, 7) is 1.81. The second kappa shape index (κ2) is 8.46. The molecule has 2 aliphatic rings. The number of carbonyl (C=O) groups is 2. The standard InChI is InChI=1S/C23H25NO7S/c1-13-9-18(24-21(26)11-22(27)28)16-3-2-4-17(16)23(13)31-15-7-8-19(25)20(10-15)32(29,30)12-14-5-6-14/h7-10,14,25H,2-6,11-12H2,1H3,(H,24,26)(H,27,28). The molecule has 32 heavy (non-hydrogen) atoms. The van der Waals surface area contributed by atoms with Crippen molar-refractivity contribution in [3.63, 3.8) is 0 Å². The number of carboxylic acid groups (broad SMARTS) is 1. The number of carbonyl (C=O) groups excluding carboxylic acids is 1. The third kappa shape index (κ3) is 4.72. The molecule has 4 rings (SSSR count). The summed E-state index contributed by atoms with van der Waals surface area (Å²) in [4.78, 5) is 22.6. The zero-order valence-corrected chi connectivity index (χ0v) is 18.5. The second-order valence-electron chi connectivity index (χ2n) is 8.46. The van der Waals surface area contributed by atoms with E-state index in [1.54, 1.807) is 6.07 Å². The number of aromatic hydroxyl groups is 1. The van der Waals surface area contributed by atoms with Gasteiger partial charge in [-0.25, -0.2) is 8.42 Å². The number of rotatable bonds is 8. The molecule has 9 heteroatoms. The Labute approximate surface area is 186 Å². The molecule has 3 N–H and O–H groups in total. The van der Waals surface area contributed by atoms with Gasteiger partial charge in [-0.2, -0.15) is 0 Å². The van der Waals surface area contributed by atoms with E-state index in [4.69, 9.17) is 9.84 Å². The summed E-state index contributed by atoms with van der Waals surface area (Å²) >= 11 is 0. The largest absolute Gasteiger partial charge is 0.507 e. The topological polar surface area (TPSA) is 130 Å². The highest BCUT2D eigenvalue weighted by molar-refractivity contribution is 7.91. The van der Waals surface area contributed by atoms with Gasteiger partial charge < -0.3 is 20.3 Å². The normalized spacial score (nSPS) is 15.3. The summed E-state index contributed by atoms with van der Waals surface area (Å²) < 4.78 is 31.5. The first-order chi connectivity index (χ1) is 15.1. The number of ether oxygens (including phenoxy) is 1. The van der Waals surface area contributed by atoms with Crippen LogP contribution in [0.25, 0.3) is 0 Å². The molecule has 0 spiro atoms. The Morgan fingerprint density at radius 1 is 1.16 bits per heavy atom. The number of fused-ring (bicyclic) bond motifs is 1.